The van der Waals surface area contributed by atoms with E-state index in [-0.39, 0.29) is 10.9 Å². The van der Waals surface area contributed by atoms with Gasteiger partial charge < -0.3 is 5.32 Å². The van der Waals surface area contributed by atoms with E-state index in [1.165, 1.54) is 0 Å². The summed E-state index contributed by atoms with van der Waals surface area (Å²) < 4.78 is 27.0. The van der Waals surface area contributed by atoms with Crippen molar-refractivity contribution in [2.24, 2.45) is 0 Å². The van der Waals surface area contributed by atoms with E-state index >= 15 is 0 Å². The standard InChI is InChI=1S/C17H16F2N2OS/c1-2-12-10-21(15-5-3-4-6-16(15)23-12)17(22)20-14-9-11(18)7-8-13(14)19/h3-9,12H,2,10H2,1H3,(H,20,22). The highest BCUT2D eigenvalue weighted by atomic mass is 32.2. The molecule has 1 aliphatic heterocycles. The molecule has 1 aliphatic rings. The lowest BCUT2D eigenvalue weighted by Gasteiger charge is -2.33. The first-order valence-corrected chi connectivity index (χ1v) is 8.25. The van der Waals surface area contributed by atoms with Gasteiger partial charge in [0.25, 0.3) is 0 Å². The number of rotatable bonds is 2. The van der Waals surface area contributed by atoms with Crippen LogP contribution in [-0.2, 0) is 0 Å². The van der Waals surface area contributed by atoms with E-state index in [1.54, 1.807) is 16.7 Å². The third kappa shape index (κ3) is 3.32. The summed E-state index contributed by atoms with van der Waals surface area (Å²) in [5.74, 6) is -1.26. The van der Waals surface area contributed by atoms with Crippen molar-refractivity contribution in [3.63, 3.8) is 0 Å². The van der Waals surface area contributed by atoms with Crippen LogP contribution in [0.2, 0.25) is 0 Å². The number of carbonyl (C=O) groups excluding carboxylic acids is 1. The molecule has 0 spiro atoms. The Hall–Kier alpha value is -2.08. The average molecular weight is 334 g/mol. The van der Waals surface area contributed by atoms with Crippen molar-refractivity contribution in [1.82, 2.24) is 0 Å². The van der Waals surface area contributed by atoms with Gasteiger partial charge in [-0.3, -0.25) is 4.90 Å². The van der Waals surface area contributed by atoms with Gasteiger partial charge in [0, 0.05) is 22.8 Å². The van der Waals surface area contributed by atoms with Gasteiger partial charge in [-0.1, -0.05) is 19.1 Å². The summed E-state index contributed by atoms with van der Waals surface area (Å²) in [6, 6.07) is 10.1. The Morgan fingerprint density at radius 1 is 1.30 bits per heavy atom. The largest absolute Gasteiger partial charge is 0.326 e. The fraction of sp³-hybridized carbons (Fsp3) is 0.235. The lowest BCUT2D eigenvalue weighted by molar-refractivity contribution is 0.256. The summed E-state index contributed by atoms with van der Waals surface area (Å²) in [6.07, 6.45) is 0.914. The van der Waals surface area contributed by atoms with Crippen LogP contribution in [0.4, 0.5) is 25.0 Å². The van der Waals surface area contributed by atoms with Crippen molar-refractivity contribution < 1.29 is 13.6 Å². The first-order chi connectivity index (χ1) is 11.1. The van der Waals surface area contributed by atoms with Crippen LogP contribution in [0.15, 0.2) is 47.4 Å². The summed E-state index contributed by atoms with van der Waals surface area (Å²) in [5.41, 5.74) is 0.635. The molecule has 3 rings (SSSR count). The summed E-state index contributed by atoms with van der Waals surface area (Å²) in [6.45, 7) is 2.59. The number of anilines is 2. The Labute approximate surface area is 137 Å². The fourth-order valence-corrected chi connectivity index (χ4v) is 3.68. The van der Waals surface area contributed by atoms with Gasteiger partial charge in [-0.2, -0.15) is 0 Å². The van der Waals surface area contributed by atoms with E-state index in [2.05, 4.69) is 12.2 Å². The van der Waals surface area contributed by atoms with Crippen LogP contribution >= 0.6 is 11.8 Å². The zero-order valence-corrected chi connectivity index (χ0v) is 13.4. The molecule has 1 unspecified atom stereocenters. The molecule has 1 N–H and O–H groups in total. The number of urea groups is 1. The molecule has 6 heteroatoms. The lowest BCUT2D eigenvalue weighted by Crippen LogP contribution is -2.42. The van der Waals surface area contributed by atoms with Crippen molar-refractivity contribution in [3.8, 4) is 0 Å². The van der Waals surface area contributed by atoms with E-state index < -0.39 is 17.7 Å². The van der Waals surface area contributed by atoms with Crippen LogP contribution in [0.1, 0.15) is 13.3 Å². The van der Waals surface area contributed by atoms with E-state index in [0.29, 0.717) is 6.54 Å². The Morgan fingerprint density at radius 3 is 2.87 bits per heavy atom. The first-order valence-electron chi connectivity index (χ1n) is 7.37. The normalized spacial score (nSPS) is 16.8. The van der Waals surface area contributed by atoms with Crippen molar-refractivity contribution in [3.05, 3.63) is 54.1 Å². The summed E-state index contributed by atoms with van der Waals surface area (Å²) >= 11 is 1.73. The number of para-hydroxylation sites is 1. The SMILES string of the molecule is CCC1CN(C(=O)Nc2cc(F)ccc2F)c2ccccc2S1. The zero-order valence-electron chi connectivity index (χ0n) is 12.6. The molecular formula is C17H16F2N2OS. The second-order valence-corrected chi connectivity index (χ2v) is 6.62. The minimum atomic E-state index is -0.661. The third-order valence-corrected chi connectivity index (χ3v) is 5.12. The number of hydrogen-bond acceptors (Lipinski definition) is 2. The summed E-state index contributed by atoms with van der Waals surface area (Å²) in [4.78, 5) is 15.2. The molecule has 1 atom stereocenters. The molecule has 0 saturated carbocycles. The zero-order chi connectivity index (χ0) is 16.4. The van der Waals surface area contributed by atoms with Crippen molar-refractivity contribution in [1.29, 1.82) is 0 Å². The molecule has 3 nitrogen and oxygen atoms in total. The minimum Gasteiger partial charge on any atom is -0.305 e. The maximum atomic E-state index is 13.7. The molecular weight excluding hydrogens is 318 g/mol. The number of nitrogens with one attached hydrogen (secondary N) is 1. The topological polar surface area (TPSA) is 32.3 Å². The fourth-order valence-electron chi connectivity index (χ4n) is 2.48. The Kier molecular flexibility index (Phi) is 4.52. The van der Waals surface area contributed by atoms with Crippen molar-refractivity contribution in [2.75, 3.05) is 16.8 Å². The minimum absolute atomic E-state index is 0.154. The number of thioether (sulfide) groups is 1. The molecule has 120 valence electrons. The first kappa shape index (κ1) is 15.8. The van der Waals surface area contributed by atoms with Gasteiger partial charge in [0.1, 0.15) is 11.6 Å². The molecule has 0 saturated heterocycles. The number of halogens is 2. The highest BCUT2D eigenvalue weighted by Gasteiger charge is 2.28. The van der Waals surface area contributed by atoms with E-state index in [9.17, 15) is 13.6 Å². The van der Waals surface area contributed by atoms with Gasteiger partial charge in [-0.15, -0.1) is 11.8 Å². The smallest absolute Gasteiger partial charge is 0.305 e. The molecule has 1 heterocycles. The van der Waals surface area contributed by atoms with Crippen LogP contribution in [0.3, 0.4) is 0 Å². The van der Waals surface area contributed by atoms with Gasteiger partial charge in [0.05, 0.1) is 11.4 Å². The second-order valence-electron chi connectivity index (χ2n) is 5.28. The monoisotopic (exact) mass is 334 g/mol. The summed E-state index contributed by atoms with van der Waals surface area (Å²) in [5, 5.41) is 2.74. The molecule has 2 aromatic rings. The van der Waals surface area contributed by atoms with Gasteiger partial charge >= 0.3 is 6.03 Å². The van der Waals surface area contributed by atoms with Crippen LogP contribution in [-0.4, -0.2) is 17.8 Å². The van der Waals surface area contributed by atoms with E-state index in [1.807, 2.05) is 24.3 Å². The molecule has 23 heavy (non-hydrogen) atoms. The Morgan fingerprint density at radius 2 is 2.09 bits per heavy atom. The number of fused-ring (bicyclic) bond motifs is 1. The molecule has 2 aromatic carbocycles. The van der Waals surface area contributed by atoms with Crippen LogP contribution in [0, 0.1) is 11.6 Å². The van der Waals surface area contributed by atoms with E-state index in [4.69, 9.17) is 0 Å². The van der Waals surface area contributed by atoms with Crippen molar-refractivity contribution in [2.45, 2.75) is 23.5 Å². The Balaban J connectivity index is 1.88. The number of amides is 2. The molecule has 0 aromatic heterocycles. The van der Waals surface area contributed by atoms with Gasteiger partial charge in [-0.05, 0) is 30.7 Å². The molecule has 2 amide bonds. The lowest BCUT2D eigenvalue weighted by atomic mass is 10.2. The number of benzene rings is 2. The number of nitrogens with zero attached hydrogens (tertiary/aromatic N) is 1. The highest BCUT2D eigenvalue weighted by Crippen LogP contribution is 2.39. The molecule has 0 bridgehead atoms. The van der Waals surface area contributed by atoms with E-state index in [0.717, 1.165) is 35.2 Å². The van der Waals surface area contributed by atoms with Crippen LogP contribution < -0.4 is 10.2 Å². The van der Waals surface area contributed by atoms with Gasteiger partial charge in [-0.25, -0.2) is 13.6 Å². The predicted molar refractivity (Wildman–Crippen MR) is 89.1 cm³/mol. The maximum Gasteiger partial charge on any atom is 0.326 e. The van der Waals surface area contributed by atoms with Gasteiger partial charge in [0.2, 0.25) is 0 Å². The summed E-state index contributed by atoms with van der Waals surface area (Å²) in [7, 11) is 0. The number of hydrogen-bond donors (Lipinski definition) is 1. The van der Waals surface area contributed by atoms with Crippen LogP contribution in [0.5, 0.6) is 0 Å². The average Bonchev–Trinajstić information content (AvgIpc) is 2.57. The number of carbonyl (C=O) groups is 1. The molecule has 0 aliphatic carbocycles. The highest BCUT2D eigenvalue weighted by molar-refractivity contribution is 8.00. The van der Waals surface area contributed by atoms with Gasteiger partial charge in [0.15, 0.2) is 0 Å². The maximum absolute atomic E-state index is 13.7. The quantitative estimate of drug-likeness (QED) is 0.848. The third-order valence-electron chi connectivity index (χ3n) is 3.71. The molecule has 0 fully saturated rings. The van der Waals surface area contributed by atoms with Crippen molar-refractivity contribution >= 4 is 29.2 Å². The predicted octanol–water partition coefficient (Wildman–Crippen LogP) is 4.89. The van der Waals surface area contributed by atoms with Crippen LogP contribution in [0.25, 0.3) is 0 Å². The molecule has 0 radical (unpaired) electrons. The second kappa shape index (κ2) is 6.58. The Bertz CT molecular complexity index is 738.